The Morgan fingerprint density at radius 1 is 1.33 bits per heavy atom. The number of halogens is 1. The van der Waals surface area contributed by atoms with Gasteiger partial charge in [0.05, 0.1) is 5.41 Å². The van der Waals surface area contributed by atoms with Crippen LogP contribution in [0.1, 0.15) is 45.6 Å². The van der Waals surface area contributed by atoms with Crippen LogP contribution in [0.5, 0.6) is 0 Å². The zero-order valence-electron chi connectivity index (χ0n) is 11.4. The molecule has 18 heavy (non-hydrogen) atoms. The van der Waals surface area contributed by atoms with E-state index in [-0.39, 0.29) is 5.91 Å². The molecule has 1 amide bonds. The van der Waals surface area contributed by atoms with Gasteiger partial charge >= 0.3 is 0 Å². The maximum absolute atomic E-state index is 12.2. The number of amides is 1. The van der Waals surface area contributed by atoms with E-state index in [1.165, 1.54) is 0 Å². The molecule has 100 valence electrons. The van der Waals surface area contributed by atoms with Crippen LogP contribution in [-0.4, -0.2) is 12.5 Å². The molecule has 0 radical (unpaired) electrons. The zero-order valence-corrected chi connectivity index (χ0v) is 12.2. The second-order valence-electron chi connectivity index (χ2n) is 5.10. The molecule has 0 aliphatic rings. The van der Waals surface area contributed by atoms with E-state index in [1.54, 1.807) is 0 Å². The zero-order chi connectivity index (χ0) is 13.6. The molecule has 0 heterocycles. The highest BCUT2D eigenvalue weighted by molar-refractivity contribution is 6.30. The third kappa shape index (κ3) is 4.02. The normalized spacial score (nSPS) is 11.3. The quantitative estimate of drug-likeness (QED) is 0.778. The predicted molar refractivity (Wildman–Crippen MR) is 77.0 cm³/mol. The maximum Gasteiger partial charge on any atom is 0.230 e. The molecule has 1 aromatic carbocycles. The molecule has 0 aliphatic heterocycles. The van der Waals surface area contributed by atoms with Crippen molar-refractivity contribution in [1.29, 1.82) is 0 Å². The van der Waals surface area contributed by atoms with E-state index in [9.17, 15) is 4.79 Å². The fourth-order valence-corrected chi connectivity index (χ4v) is 2.00. The highest BCUT2D eigenvalue weighted by Crippen LogP contribution is 2.25. The van der Waals surface area contributed by atoms with E-state index in [4.69, 9.17) is 11.6 Å². The molecule has 0 aliphatic carbocycles. The van der Waals surface area contributed by atoms with Crippen LogP contribution in [0.25, 0.3) is 0 Å². The summed E-state index contributed by atoms with van der Waals surface area (Å²) in [4.78, 5) is 12.2. The van der Waals surface area contributed by atoms with E-state index in [0.717, 1.165) is 31.4 Å². The van der Waals surface area contributed by atoms with Crippen LogP contribution in [0.15, 0.2) is 24.3 Å². The van der Waals surface area contributed by atoms with Gasteiger partial charge in [0.15, 0.2) is 0 Å². The van der Waals surface area contributed by atoms with Crippen LogP contribution >= 0.6 is 11.6 Å². The topological polar surface area (TPSA) is 29.1 Å². The minimum Gasteiger partial charge on any atom is -0.355 e. The van der Waals surface area contributed by atoms with Gasteiger partial charge in [-0.25, -0.2) is 0 Å². The van der Waals surface area contributed by atoms with Crippen LogP contribution in [-0.2, 0) is 10.2 Å². The van der Waals surface area contributed by atoms with E-state index in [2.05, 4.69) is 12.2 Å². The average molecular weight is 268 g/mol. The van der Waals surface area contributed by atoms with E-state index >= 15 is 0 Å². The Balaban J connectivity index is 2.65. The molecule has 0 bridgehead atoms. The number of carbonyl (C=O) groups is 1. The van der Waals surface area contributed by atoms with Gasteiger partial charge < -0.3 is 5.32 Å². The average Bonchev–Trinajstić information content (AvgIpc) is 2.34. The van der Waals surface area contributed by atoms with Gasteiger partial charge in [-0.1, -0.05) is 43.5 Å². The lowest BCUT2D eigenvalue weighted by molar-refractivity contribution is -0.125. The second-order valence-corrected chi connectivity index (χ2v) is 5.53. The van der Waals surface area contributed by atoms with Crippen molar-refractivity contribution in [2.75, 3.05) is 6.54 Å². The van der Waals surface area contributed by atoms with Crippen LogP contribution < -0.4 is 5.32 Å². The standard InChI is InChI=1S/C15H22ClNO/c1-4-5-6-10-17-14(18)15(2,3)12-8-7-9-13(16)11-12/h7-9,11H,4-6,10H2,1-3H3,(H,17,18). The van der Waals surface area contributed by atoms with Gasteiger partial charge in [-0.05, 0) is 38.0 Å². The molecule has 0 fully saturated rings. The summed E-state index contributed by atoms with van der Waals surface area (Å²) in [5.74, 6) is 0.0564. The number of hydrogen-bond donors (Lipinski definition) is 1. The van der Waals surface area contributed by atoms with Crippen molar-refractivity contribution in [1.82, 2.24) is 5.32 Å². The fourth-order valence-electron chi connectivity index (χ4n) is 1.81. The smallest absolute Gasteiger partial charge is 0.230 e. The largest absolute Gasteiger partial charge is 0.355 e. The number of hydrogen-bond acceptors (Lipinski definition) is 1. The molecule has 0 atom stereocenters. The van der Waals surface area contributed by atoms with Crippen LogP contribution in [0, 0.1) is 0 Å². The van der Waals surface area contributed by atoms with E-state index < -0.39 is 5.41 Å². The number of benzene rings is 1. The van der Waals surface area contributed by atoms with Gasteiger partial charge in [0.2, 0.25) is 5.91 Å². The van der Waals surface area contributed by atoms with Crippen molar-refractivity contribution in [3.63, 3.8) is 0 Å². The minimum absolute atomic E-state index is 0.0564. The summed E-state index contributed by atoms with van der Waals surface area (Å²) in [6.07, 6.45) is 3.35. The summed E-state index contributed by atoms with van der Waals surface area (Å²) < 4.78 is 0. The van der Waals surface area contributed by atoms with Crippen molar-refractivity contribution in [2.45, 2.75) is 45.4 Å². The van der Waals surface area contributed by atoms with Gasteiger partial charge in [0.25, 0.3) is 0 Å². The second kappa shape index (κ2) is 6.79. The number of carbonyl (C=O) groups excluding carboxylic acids is 1. The van der Waals surface area contributed by atoms with Crippen molar-refractivity contribution in [2.24, 2.45) is 0 Å². The van der Waals surface area contributed by atoms with Gasteiger partial charge in [-0.3, -0.25) is 4.79 Å². The van der Waals surface area contributed by atoms with Crippen LogP contribution in [0.4, 0.5) is 0 Å². The van der Waals surface area contributed by atoms with E-state index in [1.807, 2.05) is 38.1 Å². The molecular weight excluding hydrogens is 246 g/mol. The van der Waals surface area contributed by atoms with Crippen LogP contribution in [0.3, 0.4) is 0 Å². The van der Waals surface area contributed by atoms with Crippen molar-refractivity contribution in [3.8, 4) is 0 Å². The number of unbranched alkanes of at least 4 members (excludes halogenated alkanes) is 2. The Morgan fingerprint density at radius 3 is 2.67 bits per heavy atom. The molecule has 0 aromatic heterocycles. The van der Waals surface area contributed by atoms with Gasteiger partial charge in [-0.2, -0.15) is 0 Å². The van der Waals surface area contributed by atoms with Gasteiger partial charge in [0.1, 0.15) is 0 Å². The summed E-state index contributed by atoms with van der Waals surface area (Å²) in [6, 6.07) is 7.49. The lowest BCUT2D eigenvalue weighted by Crippen LogP contribution is -2.40. The maximum atomic E-state index is 12.2. The van der Waals surface area contributed by atoms with Crippen molar-refractivity contribution >= 4 is 17.5 Å². The SMILES string of the molecule is CCCCCNC(=O)C(C)(C)c1cccc(Cl)c1. The number of nitrogens with one attached hydrogen (secondary N) is 1. The first-order valence-corrected chi connectivity index (χ1v) is 6.90. The Hall–Kier alpha value is -1.02. The molecule has 1 rings (SSSR count). The Bertz CT molecular complexity index is 401. The minimum atomic E-state index is -0.545. The lowest BCUT2D eigenvalue weighted by Gasteiger charge is -2.24. The first kappa shape index (κ1) is 15.0. The summed E-state index contributed by atoms with van der Waals surface area (Å²) in [7, 11) is 0. The monoisotopic (exact) mass is 267 g/mol. The Labute approximate surface area is 115 Å². The van der Waals surface area contributed by atoms with E-state index in [0.29, 0.717) is 5.02 Å². The Morgan fingerprint density at radius 2 is 2.06 bits per heavy atom. The van der Waals surface area contributed by atoms with Crippen molar-refractivity contribution in [3.05, 3.63) is 34.9 Å². The molecule has 0 saturated carbocycles. The first-order chi connectivity index (χ1) is 8.48. The Kier molecular flexibility index (Phi) is 5.67. The molecule has 0 spiro atoms. The molecule has 1 N–H and O–H groups in total. The van der Waals surface area contributed by atoms with Crippen molar-refractivity contribution < 1.29 is 4.79 Å². The molecule has 3 heteroatoms. The number of rotatable bonds is 6. The third-order valence-electron chi connectivity index (χ3n) is 3.18. The van der Waals surface area contributed by atoms with Crippen LogP contribution in [0.2, 0.25) is 5.02 Å². The molecule has 1 aromatic rings. The summed E-state index contributed by atoms with van der Waals surface area (Å²) in [6.45, 7) is 6.75. The molecular formula is C15H22ClNO. The first-order valence-electron chi connectivity index (χ1n) is 6.53. The summed E-state index contributed by atoms with van der Waals surface area (Å²) >= 11 is 5.97. The summed E-state index contributed by atoms with van der Waals surface area (Å²) in [5, 5.41) is 3.66. The highest BCUT2D eigenvalue weighted by Gasteiger charge is 2.29. The predicted octanol–water partition coefficient (Wildman–Crippen LogP) is 3.92. The summed E-state index contributed by atoms with van der Waals surface area (Å²) in [5.41, 5.74) is 0.403. The molecule has 0 unspecified atom stereocenters. The van der Waals surface area contributed by atoms with Gasteiger partial charge in [-0.15, -0.1) is 0 Å². The molecule has 0 saturated heterocycles. The highest BCUT2D eigenvalue weighted by atomic mass is 35.5. The third-order valence-corrected chi connectivity index (χ3v) is 3.41. The molecule has 2 nitrogen and oxygen atoms in total. The lowest BCUT2D eigenvalue weighted by atomic mass is 9.83. The van der Waals surface area contributed by atoms with Gasteiger partial charge in [0, 0.05) is 11.6 Å². The fraction of sp³-hybridized carbons (Fsp3) is 0.533.